The van der Waals surface area contributed by atoms with Crippen molar-refractivity contribution in [3.05, 3.63) is 72.8 Å². The van der Waals surface area contributed by atoms with Crippen LogP contribution in [0.3, 0.4) is 0 Å². The van der Waals surface area contributed by atoms with E-state index in [4.69, 9.17) is 18.7 Å². The fraction of sp³-hybridized carbons (Fsp3) is 0.194. The van der Waals surface area contributed by atoms with Crippen LogP contribution in [0, 0.1) is 0 Å². The second kappa shape index (κ2) is 7.67. The van der Waals surface area contributed by atoms with E-state index in [0.29, 0.717) is 0 Å². The Balaban J connectivity index is 1.28. The highest BCUT2D eigenvalue weighted by molar-refractivity contribution is 7.26. The lowest BCUT2D eigenvalue weighted by Gasteiger charge is -2.32. The molecular weight excluding hydrogens is 509 g/mol. The molecule has 0 amide bonds. The molecule has 0 bridgehead atoms. The standard InChI is InChI=1S/C31H24BNO3S2/c1-30(2)31(3,4)36-32(35-30)21-9-7-11-25-28(21)20-15-27-22(16-26(20)37-25)33-29(38-27)17-12-13-24-19(14-17)18-8-5-6-10-23(18)34-24/h5-16H,1-4H3. The summed E-state index contributed by atoms with van der Waals surface area (Å²) in [6, 6.07) is 25.5. The van der Waals surface area contributed by atoms with E-state index in [1.54, 1.807) is 22.7 Å². The number of nitrogens with zero attached hydrogens (tertiary/aromatic N) is 1. The summed E-state index contributed by atoms with van der Waals surface area (Å²) >= 11 is 3.53. The Morgan fingerprint density at radius 3 is 2.32 bits per heavy atom. The van der Waals surface area contributed by atoms with Crippen molar-refractivity contribution >= 4 is 87.6 Å². The third kappa shape index (κ3) is 3.19. The maximum Gasteiger partial charge on any atom is 0.495 e. The third-order valence-corrected chi connectivity index (χ3v) is 10.4. The number of para-hydroxylation sites is 1. The van der Waals surface area contributed by atoms with Crippen LogP contribution >= 0.6 is 22.7 Å². The minimum absolute atomic E-state index is 0.382. The summed E-state index contributed by atoms with van der Waals surface area (Å²) in [4.78, 5) is 5.06. The molecule has 1 saturated heterocycles. The molecule has 0 radical (unpaired) electrons. The first-order valence-corrected chi connectivity index (χ1v) is 14.4. The van der Waals surface area contributed by atoms with Gasteiger partial charge in [-0.25, -0.2) is 4.98 Å². The summed E-state index contributed by atoms with van der Waals surface area (Å²) < 4.78 is 22.6. The Morgan fingerprint density at radius 1 is 0.684 bits per heavy atom. The molecule has 38 heavy (non-hydrogen) atoms. The van der Waals surface area contributed by atoms with E-state index in [9.17, 15) is 0 Å². The summed E-state index contributed by atoms with van der Waals surface area (Å²) in [6.07, 6.45) is 0. The van der Waals surface area contributed by atoms with Crippen molar-refractivity contribution in [2.45, 2.75) is 38.9 Å². The Labute approximate surface area is 227 Å². The van der Waals surface area contributed by atoms with Gasteiger partial charge in [0.05, 0.1) is 21.4 Å². The lowest BCUT2D eigenvalue weighted by molar-refractivity contribution is 0.00578. The predicted molar refractivity (Wildman–Crippen MR) is 161 cm³/mol. The molecule has 0 saturated carbocycles. The zero-order valence-corrected chi connectivity index (χ0v) is 23.1. The average molecular weight is 533 g/mol. The molecule has 7 heteroatoms. The van der Waals surface area contributed by atoms with Gasteiger partial charge < -0.3 is 13.7 Å². The van der Waals surface area contributed by atoms with Crippen LogP contribution in [0.4, 0.5) is 0 Å². The molecule has 4 nitrogen and oxygen atoms in total. The number of hydrogen-bond donors (Lipinski definition) is 0. The molecule has 1 aliphatic rings. The lowest BCUT2D eigenvalue weighted by atomic mass is 9.76. The van der Waals surface area contributed by atoms with Crippen LogP contribution in [0.15, 0.2) is 77.2 Å². The summed E-state index contributed by atoms with van der Waals surface area (Å²) in [5.74, 6) is 0. The molecule has 7 aromatic rings. The third-order valence-electron chi connectivity index (χ3n) is 8.17. The number of fused-ring (bicyclic) bond motifs is 7. The van der Waals surface area contributed by atoms with Gasteiger partial charge in [0.1, 0.15) is 16.2 Å². The van der Waals surface area contributed by atoms with Gasteiger partial charge in [-0.05, 0) is 75.6 Å². The van der Waals surface area contributed by atoms with E-state index < -0.39 is 7.12 Å². The number of thiazole rings is 1. The van der Waals surface area contributed by atoms with Gasteiger partial charge in [-0.3, -0.25) is 0 Å². The molecule has 3 aromatic heterocycles. The number of rotatable bonds is 2. The molecule has 4 heterocycles. The molecule has 0 spiro atoms. The molecule has 0 atom stereocenters. The number of aromatic nitrogens is 1. The molecule has 0 aliphatic carbocycles. The highest BCUT2D eigenvalue weighted by Crippen LogP contribution is 2.42. The Morgan fingerprint density at radius 2 is 1.47 bits per heavy atom. The Kier molecular flexibility index (Phi) is 4.59. The fourth-order valence-electron chi connectivity index (χ4n) is 5.42. The first-order chi connectivity index (χ1) is 18.3. The van der Waals surface area contributed by atoms with Gasteiger partial charge in [-0.15, -0.1) is 22.7 Å². The fourth-order valence-corrected chi connectivity index (χ4v) is 7.56. The van der Waals surface area contributed by atoms with Crippen molar-refractivity contribution in [1.29, 1.82) is 0 Å². The van der Waals surface area contributed by atoms with Gasteiger partial charge in [-0.1, -0.05) is 30.3 Å². The summed E-state index contributed by atoms with van der Waals surface area (Å²) in [6.45, 7) is 8.41. The van der Waals surface area contributed by atoms with Crippen LogP contribution in [-0.2, 0) is 9.31 Å². The summed E-state index contributed by atoms with van der Waals surface area (Å²) in [5.41, 5.74) is 4.27. The highest BCUT2D eigenvalue weighted by Gasteiger charge is 2.52. The number of hydrogen-bond acceptors (Lipinski definition) is 6. The van der Waals surface area contributed by atoms with Gasteiger partial charge in [-0.2, -0.15) is 0 Å². The first kappa shape index (κ1) is 22.7. The summed E-state index contributed by atoms with van der Waals surface area (Å²) in [5, 5.41) is 5.72. The monoisotopic (exact) mass is 533 g/mol. The topological polar surface area (TPSA) is 44.5 Å². The normalized spacial score (nSPS) is 17.1. The molecule has 186 valence electrons. The summed E-state index contributed by atoms with van der Waals surface area (Å²) in [7, 11) is -0.397. The van der Waals surface area contributed by atoms with Crippen molar-refractivity contribution in [2.75, 3.05) is 0 Å². The second-order valence-electron chi connectivity index (χ2n) is 11.1. The van der Waals surface area contributed by atoms with Gasteiger partial charge in [0.2, 0.25) is 0 Å². The van der Waals surface area contributed by atoms with Crippen molar-refractivity contribution in [3.8, 4) is 10.6 Å². The highest BCUT2D eigenvalue weighted by atomic mass is 32.1. The minimum atomic E-state index is -0.397. The van der Waals surface area contributed by atoms with Crippen LogP contribution in [0.5, 0.6) is 0 Å². The zero-order chi connectivity index (χ0) is 25.8. The van der Waals surface area contributed by atoms with E-state index in [1.807, 2.05) is 12.1 Å². The molecule has 0 unspecified atom stereocenters. The van der Waals surface area contributed by atoms with Gasteiger partial charge in [0.25, 0.3) is 0 Å². The largest absolute Gasteiger partial charge is 0.495 e. The Bertz CT molecular complexity index is 2050. The lowest BCUT2D eigenvalue weighted by Crippen LogP contribution is -2.41. The Hall–Kier alpha value is -3.23. The number of furan rings is 1. The molecule has 1 fully saturated rings. The first-order valence-electron chi connectivity index (χ1n) is 12.8. The number of thiophene rings is 1. The van der Waals surface area contributed by atoms with E-state index in [0.717, 1.165) is 43.5 Å². The maximum atomic E-state index is 6.45. The quantitative estimate of drug-likeness (QED) is 0.209. The minimum Gasteiger partial charge on any atom is -0.456 e. The van der Waals surface area contributed by atoms with E-state index in [-0.39, 0.29) is 11.2 Å². The van der Waals surface area contributed by atoms with Crippen LogP contribution in [0.2, 0.25) is 0 Å². The molecule has 0 N–H and O–H groups in total. The molecule has 8 rings (SSSR count). The van der Waals surface area contributed by atoms with E-state index in [2.05, 4.69) is 88.4 Å². The predicted octanol–water partition coefficient (Wildman–Crippen LogP) is 8.53. The SMILES string of the molecule is CC1(C)OB(c2cccc3sc4cc5nc(-c6ccc7oc8ccccc8c7c6)sc5cc4c23)OC1(C)C. The van der Waals surface area contributed by atoms with Gasteiger partial charge in [0, 0.05) is 36.5 Å². The van der Waals surface area contributed by atoms with Crippen LogP contribution in [0.25, 0.3) is 62.9 Å². The van der Waals surface area contributed by atoms with Crippen molar-refractivity contribution in [2.24, 2.45) is 0 Å². The van der Waals surface area contributed by atoms with Crippen LogP contribution in [0.1, 0.15) is 27.7 Å². The molecular formula is C31H24BNO3S2. The average Bonchev–Trinajstić information content (AvgIpc) is 3.62. The second-order valence-corrected chi connectivity index (χ2v) is 13.2. The molecule has 4 aromatic carbocycles. The number of benzene rings is 4. The van der Waals surface area contributed by atoms with Gasteiger partial charge in [0.15, 0.2) is 0 Å². The van der Waals surface area contributed by atoms with Gasteiger partial charge >= 0.3 is 7.12 Å². The van der Waals surface area contributed by atoms with Crippen molar-refractivity contribution in [3.63, 3.8) is 0 Å². The van der Waals surface area contributed by atoms with Crippen LogP contribution in [-0.4, -0.2) is 23.3 Å². The smallest absolute Gasteiger partial charge is 0.456 e. The zero-order valence-electron chi connectivity index (χ0n) is 21.5. The van der Waals surface area contributed by atoms with E-state index >= 15 is 0 Å². The van der Waals surface area contributed by atoms with Crippen molar-refractivity contribution in [1.82, 2.24) is 4.98 Å². The van der Waals surface area contributed by atoms with Crippen molar-refractivity contribution < 1.29 is 13.7 Å². The molecule has 1 aliphatic heterocycles. The van der Waals surface area contributed by atoms with Crippen LogP contribution < -0.4 is 5.46 Å². The van der Waals surface area contributed by atoms with E-state index in [1.165, 1.54) is 24.9 Å². The maximum absolute atomic E-state index is 6.45.